The van der Waals surface area contributed by atoms with Crippen LogP contribution in [0.15, 0.2) is 36.4 Å². The molecule has 0 heterocycles. The molecule has 0 aliphatic rings. The maximum Gasteiger partial charge on any atom is 0.321 e. The average Bonchev–Trinajstić information content (AvgIpc) is 2.47. The summed E-state index contributed by atoms with van der Waals surface area (Å²) in [6.07, 6.45) is 1.41. The summed E-state index contributed by atoms with van der Waals surface area (Å²) in [5.74, 6) is 4.70. The van der Waals surface area contributed by atoms with Gasteiger partial charge in [0.15, 0.2) is 0 Å². The van der Waals surface area contributed by atoms with E-state index < -0.39 is 12.0 Å². The number of rotatable bonds is 3. The second kappa shape index (κ2) is 6.00. The predicted octanol–water partition coefficient (Wildman–Crippen LogP) is 1.99. The number of nitrogens with two attached hydrogens (primary N) is 1. The van der Waals surface area contributed by atoms with Crippen LogP contribution in [0, 0.1) is 17.3 Å². The van der Waals surface area contributed by atoms with Gasteiger partial charge in [-0.15, -0.1) is 0 Å². The zero-order valence-corrected chi connectivity index (χ0v) is 10.8. The molecule has 0 aliphatic carbocycles. The third-order valence-electron chi connectivity index (χ3n) is 2.98. The van der Waals surface area contributed by atoms with Crippen LogP contribution in [-0.4, -0.2) is 23.3 Å². The van der Waals surface area contributed by atoms with Gasteiger partial charge in [0.1, 0.15) is 6.04 Å². The van der Waals surface area contributed by atoms with Gasteiger partial charge >= 0.3 is 5.97 Å². The highest BCUT2D eigenvalue weighted by Crippen LogP contribution is 2.21. The van der Waals surface area contributed by atoms with E-state index in [4.69, 9.17) is 16.2 Å². The van der Waals surface area contributed by atoms with Gasteiger partial charge in [0.2, 0.25) is 0 Å². The second-order valence-electron chi connectivity index (χ2n) is 4.34. The van der Waals surface area contributed by atoms with Crippen LogP contribution >= 0.6 is 0 Å². The van der Waals surface area contributed by atoms with E-state index in [0.717, 1.165) is 21.9 Å². The standard InChI is InChI=1S/C16H14N2O2/c17-10-12-9-8-11(4-3-7-15(18)16(19)20)13-5-1-2-6-14(12)13/h1-2,5-6,8-10,15,17H,7,18H2,(H,19,20). The van der Waals surface area contributed by atoms with E-state index in [1.165, 1.54) is 6.21 Å². The van der Waals surface area contributed by atoms with Crippen LogP contribution < -0.4 is 5.73 Å². The van der Waals surface area contributed by atoms with Crippen LogP contribution in [0.5, 0.6) is 0 Å². The van der Waals surface area contributed by atoms with Gasteiger partial charge in [0.05, 0.1) is 0 Å². The Bertz CT molecular complexity index is 726. The Morgan fingerprint density at radius 1 is 1.30 bits per heavy atom. The summed E-state index contributed by atoms with van der Waals surface area (Å²) in [5, 5.41) is 18.0. The van der Waals surface area contributed by atoms with Gasteiger partial charge in [0, 0.05) is 18.2 Å². The lowest BCUT2D eigenvalue weighted by atomic mass is 10.00. The molecule has 4 heteroatoms. The maximum atomic E-state index is 10.6. The van der Waals surface area contributed by atoms with Crippen molar-refractivity contribution in [3.63, 3.8) is 0 Å². The fourth-order valence-electron chi connectivity index (χ4n) is 1.90. The summed E-state index contributed by atoms with van der Waals surface area (Å²) < 4.78 is 0. The molecule has 0 amide bonds. The average molecular weight is 266 g/mol. The summed E-state index contributed by atoms with van der Waals surface area (Å²) in [4.78, 5) is 10.6. The Labute approximate surface area is 116 Å². The fraction of sp³-hybridized carbons (Fsp3) is 0.125. The minimum absolute atomic E-state index is 0.107. The first kappa shape index (κ1) is 13.8. The Kier molecular flexibility index (Phi) is 4.14. The van der Waals surface area contributed by atoms with Gasteiger partial charge in [-0.1, -0.05) is 42.2 Å². The summed E-state index contributed by atoms with van der Waals surface area (Å²) in [6.45, 7) is 0. The molecule has 0 spiro atoms. The molecule has 2 aromatic rings. The minimum Gasteiger partial charge on any atom is -0.480 e. The van der Waals surface area contributed by atoms with Gasteiger partial charge < -0.3 is 16.2 Å². The highest BCUT2D eigenvalue weighted by atomic mass is 16.4. The maximum absolute atomic E-state index is 10.6. The number of carboxylic acid groups (broad SMARTS) is 1. The number of hydrogen-bond acceptors (Lipinski definition) is 3. The van der Waals surface area contributed by atoms with E-state index in [1.54, 1.807) is 0 Å². The Morgan fingerprint density at radius 2 is 2.00 bits per heavy atom. The predicted molar refractivity (Wildman–Crippen MR) is 78.9 cm³/mol. The number of hydrogen-bond donors (Lipinski definition) is 3. The number of nitrogens with one attached hydrogen (secondary N) is 1. The van der Waals surface area contributed by atoms with Crippen LogP contribution in [0.25, 0.3) is 10.8 Å². The molecular weight excluding hydrogens is 252 g/mol. The lowest BCUT2D eigenvalue weighted by Crippen LogP contribution is -2.29. The van der Waals surface area contributed by atoms with E-state index in [0.29, 0.717) is 0 Å². The molecular formula is C16H14N2O2. The summed E-state index contributed by atoms with van der Waals surface area (Å²) in [7, 11) is 0. The van der Waals surface area contributed by atoms with Crippen molar-refractivity contribution in [3.8, 4) is 11.8 Å². The van der Waals surface area contributed by atoms with E-state index in [2.05, 4.69) is 11.8 Å². The monoisotopic (exact) mass is 266 g/mol. The summed E-state index contributed by atoms with van der Waals surface area (Å²) in [6, 6.07) is 10.4. The van der Waals surface area contributed by atoms with E-state index in [9.17, 15) is 4.79 Å². The molecule has 0 bridgehead atoms. The van der Waals surface area contributed by atoms with Gasteiger partial charge in [0.25, 0.3) is 0 Å². The van der Waals surface area contributed by atoms with E-state index >= 15 is 0 Å². The summed E-state index contributed by atoms with van der Waals surface area (Å²) in [5.41, 5.74) is 7.04. The van der Waals surface area contributed by atoms with Crippen LogP contribution in [0.4, 0.5) is 0 Å². The second-order valence-corrected chi connectivity index (χ2v) is 4.34. The molecule has 1 atom stereocenters. The Morgan fingerprint density at radius 3 is 2.65 bits per heavy atom. The van der Waals surface area contributed by atoms with Crippen molar-refractivity contribution in [1.29, 1.82) is 5.41 Å². The van der Waals surface area contributed by atoms with E-state index in [-0.39, 0.29) is 6.42 Å². The molecule has 4 N–H and O–H groups in total. The first-order valence-electron chi connectivity index (χ1n) is 6.13. The van der Waals surface area contributed by atoms with Crippen molar-refractivity contribution >= 4 is 23.0 Å². The number of carboxylic acids is 1. The Balaban J connectivity index is 2.39. The van der Waals surface area contributed by atoms with Crippen LogP contribution in [-0.2, 0) is 4.79 Å². The fourth-order valence-corrected chi connectivity index (χ4v) is 1.90. The van der Waals surface area contributed by atoms with Crippen molar-refractivity contribution in [1.82, 2.24) is 0 Å². The lowest BCUT2D eigenvalue weighted by Gasteiger charge is -2.04. The van der Waals surface area contributed by atoms with Crippen molar-refractivity contribution < 1.29 is 9.90 Å². The van der Waals surface area contributed by atoms with Crippen molar-refractivity contribution in [2.75, 3.05) is 0 Å². The summed E-state index contributed by atoms with van der Waals surface area (Å²) >= 11 is 0. The normalized spacial score (nSPS) is 11.4. The number of fused-ring (bicyclic) bond motifs is 1. The molecule has 1 unspecified atom stereocenters. The third kappa shape index (κ3) is 2.85. The molecule has 0 saturated heterocycles. The minimum atomic E-state index is -1.05. The largest absolute Gasteiger partial charge is 0.480 e. The number of aliphatic carboxylic acids is 1. The molecule has 0 fully saturated rings. The highest BCUT2D eigenvalue weighted by molar-refractivity contribution is 6.01. The Hall–Kier alpha value is -2.64. The van der Waals surface area contributed by atoms with Gasteiger partial charge in [-0.2, -0.15) is 0 Å². The van der Waals surface area contributed by atoms with Crippen molar-refractivity contribution in [2.24, 2.45) is 5.73 Å². The van der Waals surface area contributed by atoms with Crippen molar-refractivity contribution in [2.45, 2.75) is 12.5 Å². The topological polar surface area (TPSA) is 87.2 Å². The zero-order valence-electron chi connectivity index (χ0n) is 10.8. The first-order chi connectivity index (χ1) is 9.63. The lowest BCUT2D eigenvalue weighted by molar-refractivity contribution is -0.138. The number of carbonyl (C=O) groups is 1. The molecule has 100 valence electrons. The molecule has 0 aliphatic heterocycles. The van der Waals surface area contributed by atoms with Crippen LogP contribution in [0.1, 0.15) is 17.5 Å². The quantitative estimate of drug-likeness (QED) is 0.586. The van der Waals surface area contributed by atoms with Gasteiger partial charge in [-0.25, -0.2) is 0 Å². The highest BCUT2D eigenvalue weighted by Gasteiger charge is 2.08. The molecule has 0 saturated carbocycles. The molecule has 4 nitrogen and oxygen atoms in total. The van der Waals surface area contributed by atoms with E-state index in [1.807, 2.05) is 36.4 Å². The smallest absolute Gasteiger partial charge is 0.321 e. The van der Waals surface area contributed by atoms with Gasteiger partial charge in [-0.05, 0) is 22.4 Å². The molecule has 2 aromatic carbocycles. The van der Waals surface area contributed by atoms with Crippen LogP contribution in [0.2, 0.25) is 0 Å². The third-order valence-corrected chi connectivity index (χ3v) is 2.98. The zero-order chi connectivity index (χ0) is 14.5. The molecule has 2 rings (SSSR count). The molecule has 20 heavy (non-hydrogen) atoms. The first-order valence-corrected chi connectivity index (χ1v) is 6.13. The van der Waals surface area contributed by atoms with Crippen molar-refractivity contribution in [3.05, 3.63) is 47.5 Å². The molecule has 0 aromatic heterocycles. The molecule has 0 radical (unpaired) electrons. The SMILES string of the molecule is N=Cc1ccc(C#CCC(N)C(=O)O)c2ccccc12. The van der Waals surface area contributed by atoms with Gasteiger partial charge in [-0.3, -0.25) is 4.79 Å². The number of benzene rings is 2. The van der Waals surface area contributed by atoms with Crippen LogP contribution in [0.3, 0.4) is 0 Å².